The molecule has 0 aromatic heterocycles. The first kappa shape index (κ1) is 22.1. The molecule has 0 radical (unpaired) electrons. The third-order valence-corrected chi connectivity index (χ3v) is 5.10. The van der Waals surface area contributed by atoms with Crippen LogP contribution in [0.1, 0.15) is 12.5 Å². The zero-order valence-corrected chi connectivity index (χ0v) is 18.0. The number of hydrogen-bond donors (Lipinski definition) is 1. The SMILES string of the molecule is COC(=O)C1=C(C)N(C)C(=O)/C1=C\c1ccc(OCC(=O)Nc2ccccc2Cl)cc1. The number of esters is 1. The lowest BCUT2D eigenvalue weighted by Crippen LogP contribution is -2.20. The van der Waals surface area contributed by atoms with Gasteiger partial charge in [-0.15, -0.1) is 0 Å². The van der Waals surface area contributed by atoms with Crippen LogP contribution in [0, 0.1) is 0 Å². The number of halogens is 1. The molecule has 0 aliphatic carbocycles. The Balaban J connectivity index is 1.67. The van der Waals surface area contributed by atoms with E-state index in [0.29, 0.717) is 27.7 Å². The molecule has 1 N–H and O–H groups in total. The van der Waals surface area contributed by atoms with E-state index in [1.807, 2.05) is 0 Å². The van der Waals surface area contributed by atoms with Crippen molar-refractivity contribution in [1.29, 1.82) is 0 Å². The average Bonchev–Trinajstić information content (AvgIpc) is 2.98. The van der Waals surface area contributed by atoms with E-state index in [2.05, 4.69) is 5.32 Å². The lowest BCUT2D eigenvalue weighted by atomic mass is 10.0. The standard InChI is InChI=1S/C23H21ClN2O5/c1-14-21(23(29)30-3)17(22(28)26(14)2)12-15-8-10-16(11-9-15)31-13-20(27)25-19-7-5-4-6-18(19)24/h4-12H,13H2,1-3H3,(H,25,27)/b17-12-. The van der Waals surface area contributed by atoms with Crippen LogP contribution >= 0.6 is 11.6 Å². The maximum atomic E-state index is 12.5. The summed E-state index contributed by atoms with van der Waals surface area (Å²) in [6.45, 7) is 1.50. The highest BCUT2D eigenvalue weighted by Gasteiger charge is 2.34. The lowest BCUT2D eigenvalue weighted by molar-refractivity contribution is -0.136. The molecule has 0 atom stereocenters. The fourth-order valence-corrected chi connectivity index (χ4v) is 3.20. The molecule has 160 valence electrons. The number of carbonyl (C=O) groups is 3. The Morgan fingerprint density at radius 1 is 1.13 bits per heavy atom. The van der Waals surface area contributed by atoms with Crippen LogP contribution in [0.15, 0.2) is 65.4 Å². The molecular formula is C23H21ClN2O5. The number of ether oxygens (including phenoxy) is 2. The number of hydrogen-bond acceptors (Lipinski definition) is 5. The van der Waals surface area contributed by atoms with Crippen molar-refractivity contribution in [2.24, 2.45) is 0 Å². The Kier molecular flexibility index (Phi) is 6.77. The first-order valence-corrected chi connectivity index (χ1v) is 9.76. The molecule has 7 nitrogen and oxygen atoms in total. The third kappa shape index (κ3) is 4.95. The molecule has 1 aliphatic heterocycles. The Bertz CT molecular complexity index is 1090. The minimum absolute atomic E-state index is 0.191. The largest absolute Gasteiger partial charge is 0.484 e. The molecule has 0 unspecified atom stereocenters. The topological polar surface area (TPSA) is 84.9 Å². The van der Waals surface area contributed by atoms with E-state index >= 15 is 0 Å². The van der Waals surface area contributed by atoms with Crippen LogP contribution in [0.25, 0.3) is 6.08 Å². The van der Waals surface area contributed by atoms with Gasteiger partial charge in [-0.3, -0.25) is 9.59 Å². The second-order valence-electron chi connectivity index (χ2n) is 6.76. The van der Waals surface area contributed by atoms with Crippen molar-refractivity contribution in [3.8, 4) is 5.75 Å². The van der Waals surface area contributed by atoms with Crippen molar-refractivity contribution in [2.75, 3.05) is 26.1 Å². The number of likely N-dealkylation sites (N-methyl/N-ethyl adjacent to an activating group) is 1. The number of anilines is 1. The normalized spacial score (nSPS) is 14.8. The maximum Gasteiger partial charge on any atom is 0.340 e. The second kappa shape index (κ2) is 9.49. The molecule has 0 saturated heterocycles. The van der Waals surface area contributed by atoms with E-state index in [1.54, 1.807) is 68.6 Å². The van der Waals surface area contributed by atoms with Crippen LogP contribution in [-0.2, 0) is 19.1 Å². The molecule has 2 aromatic rings. The number of nitrogens with one attached hydrogen (secondary N) is 1. The Hall–Kier alpha value is -3.58. The molecule has 3 rings (SSSR count). The summed E-state index contributed by atoms with van der Waals surface area (Å²) in [5, 5.41) is 3.12. The van der Waals surface area contributed by atoms with Gasteiger partial charge < -0.3 is 19.7 Å². The van der Waals surface area contributed by atoms with Crippen molar-refractivity contribution in [1.82, 2.24) is 4.90 Å². The number of allylic oxidation sites excluding steroid dienone is 1. The number of nitrogens with zero attached hydrogens (tertiary/aromatic N) is 1. The van der Waals surface area contributed by atoms with E-state index in [9.17, 15) is 14.4 Å². The summed E-state index contributed by atoms with van der Waals surface area (Å²) in [5.41, 5.74) is 2.25. The number of rotatable bonds is 6. The summed E-state index contributed by atoms with van der Waals surface area (Å²) >= 11 is 6.02. The number of amides is 2. The summed E-state index contributed by atoms with van der Waals surface area (Å²) in [6.07, 6.45) is 1.62. The van der Waals surface area contributed by atoms with Gasteiger partial charge in [0.2, 0.25) is 0 Å². The molecule has 2 aromatic carbocycles. The van der Waals surface area contributed by atoms with Gasteiger partial charge in [0.05, 0.1) is 29.0 Å². The second-order valence-corrected chi connectivity index (χ2v) is 7.17. The van der Waals surface area contributed by atoms with Crippen molar-refractivity contribution < 1.29 is 23.9 Å². The number of para-hydroxylation sites is 1. The molecule has 1 heterocycles. The highest BCUT2D eigenvalue weighted by atomic mass is 35.5. The summed E-state index contributed by atoms with van der Waals surface area (Å²) in [5.74, 6) is -0.714. The smallest absolute Gasteiger partial charge is 0.340 e. The number of carbonyl (C=O) groups excluding carboxylic acids is 3. The molecule has 1 aliphatic rings. The highest BCUT2D eigenvalue weighted by molar-refractivity contribution is 6.33. The van der Waals surface area contributed by atoms with Gasteiger partial charge in [0.25, 0.3) is 11.8 Å². The molecular weight excluding hydrogens is 420 g/mol. The van der Waals surface area contributed by atoms with E-state index in [4.69, 9.17) is 21.1 Å². The van der Waals surface area contributed by atoms with Crippen molar-refractivity contribution in [3.63, 3.8) is 0 Å². The first-order chi connectivity index (χ1) is 14.8. The molecule has 0 bridgehead atoms. The van der Waals surface area contributed by atoms with Gasteiger partial charge >= 0.3 is 5.97 Å². The van der Waals surface area contributed by atoms with Gasteiger partial charge in [0.1, 0.15) is 5.75 Å². The van der Waals surface area contributed by atoms with Crippen LogP contribution in [0.5, 0.6) is 5.75 Å². The third-order valence-electron chi connectivity index (χ3n) is 4.77. The van der Waals surface area contributed by atoms with Crippen molar-refractivity contribution >= 4 is 41.1 Å². The van der Waals surface area contributed by atoms with Gasteiger partial charge in [-0.25, -0.2) is 4.79 Å². The molecule has 0 fully saturated rings. The van der Waals surface area contributed by atoms with Gasteiger partial charge in [-0.05, 0) is 42.8 Å². The minimum atomic E-state index is -0.564. The molecule has 0 spiro atoms. The number of methoxy groups -OCH3 is 1. The first-order valence-electron chi connectivity index (χ1n) is 9.38. The summed E-state index contributed by atoms with van der Waals surface area (Å²) in [6, 6.07) is 13.7. The zero-order chi connectivity index (χ0) is 22.5. The van der Waals surface area contributed by atoms with E-state index in [0.717, 1.165) is 0 Å². The molecule has 0 saturated carbocycles. The summed E-state index contributed by atoms with van der Waals surface area (Å²) in [4.78, 5) is 38.1. The van der Waals surface area contributed by atoms with Crippen LogP contribution in [0.4, 0.5) is 5.69 Å². The highest BCUT2D eigenvalue weighted by Crippen LogP contribution is 2.30. The summed E-state index contributed by atoms with van der Waals surface area (Å²) < 4.78 is 10.3. The number of benzene rings is 2. The molecule has 8 heteroatoms. The summed E-state index contributed by atoms with van der Waals surface area (Å²) in [7, 11) is 2.88. The predicted molar refractivity (Wildman–Crippen MR) is 117 cm³/mol. The van der Waals surface area contributed by atoms with Crippen LogP contribution in [-0.4, -0.2) is 43.4 Å². The van der Waals surface area contributed by atoms with Crippen LogP contribution < -0.4 is 10.1 Å². The molecule has 31 heavy (non-hydrogen) atoms. The zero-order valence-electron chi connectivity index (χ0n) is 17.3. The van der Waals surface area contributed by atoms with Crippen LogP contribution in [0.3, 0.4) is 0 Å². The fourth-order valence-electron chi connectivity index (χ4n) is 3.02. The van der Waals surface area contributed by atoms with Gasteiger partial charge in [0.15, 0.2) is 6.61 Å². The van der Waals surface area contributed by atoms with Crippen molar-refractivity contribution in [2.45, 2.75) is 6.92 Å². The Labute approximate surface area is 184 Å². The van der Waals surface area contributed by atoms with Gasteiger partial charge in [-0.2, -0.15) is 0 Å². The molecule has 2 amide bonds. The maximum absolute atomic E-state index is 12.5. The van der Waals surface area contributed by atoms with Crippen molar-refractivity contribution in [3.05, 3.63) is 76.0 Å². The monoisotopic (exact) mass is 440 g/mol. The Morgan fingerprint density at radius 3 is 2.45 bits per heavy atom. The quantitative estimate of drug-likeness (QED) is 0.547. The van der Waals surface area contributed by atoms with E-state index in [-0.39, 0.29) is 29.6 Å². The van der Waals surface area contributed by atoms with E-state index < -0.39 is 5.97 Å². The van der Waals surface area contributed by atoms with Crippen LogP contribution in [0.2, 0.25) is 5.02 Å². The van der Waals surface area contributed by atoms with Gasteiger partial charge in [-0.1, -0.05) is 35.9 Å². The predicted octanol–water partition coefficient (Wildman–Crippen LogP) is 3.66. The fraction of sp³-hybridized carbons (Fsp3) is 0.174. The minimum Gasteiger partial charge on any atom is -0.484 e. The van der Waals surface area contributed by atoms with E-state index in [1.165, 1.54) is 12.0 Å². The lowest BCUT2D eigenvalue weighted by Gasteiger charge is -2.09. The van der Waals surface area contributed by atoms with Gasteiger partial charge in [0, 0.05) is 12.7 Å². The average molecular weight is 441 g/mol. The Morgan fingerprint density at radius 2 is 1.81 bits per heavy atom.